The maximum absolute atomic E-state index is 12.3. The highest BCUT2D eigenvalue weighted by Crippen LogP contribution is 2.28. The number of fused-ring (bicyclic) bond motifs is 1. The molecule has 3 heterocycles. The molecule has 2 unspecified atom stereocenters. The van der Waals surface area contributed by atoms with E-state index in [1.807, 2.05) is 4.90 Å². The Balaban J connectivity index is 1.71. The summed E-state index contributed by atoms with van der Waals surface area (Å²) < 4.78 is 0. The molecule has 2 saturated heterocycles. The Labute approximate surface area is 114 Å². The summed E-state index contributed by atoms with van der Waals surface area (Å²) in [6.45, 7) is 2.53. The molecule has 1 aromatic rings. The van der Waals surface area contributed by atoms with Crippen LogP contribution in [0.1, 0.15) is 23.2 Å². The van der Waals surface area contributed by atoms with Crippen molar-refractivity contribution in [3.63, 3.8) is 0 Å². The lowest BCUT2D eigenvalue weighted by molar-refractivity contribution is -0.380. The maximum atomic E-state index is 12.3. The van der Waals surface area contributed by atoms with Crippen LogP contribution in [0.25, 0.3) is 0 Å². The third-order valence-electron chi connectivity index (χ3n) is 3.96. The first kappa shape index (κ1) is 12.6. The van der Waals surface area contributed by atoms with Gasteiger partial charge in [0.25, 0.3) is 5.91 Å². The Kier molecular flexibility index (Phi) is 3.24. The second-order valence-electron chi connectivity index (χ2n) is 5.08. The zero-order chi connectivity index (χ0) is 13.4. The van der Waals surface area contributed by atoms with E-state index in [1.54, 1.807) is 5.38 Å². The van der Waals surface area contributed by atoms with Crippen LogP contribution < -0.4 is 5.32 Å². The van der Waals surface area contributed by atoms with Gasteiger partial charge in [0.1, 0.15) is 0 Å². The van der Waals surface area contributed by atoms with E-state index in [1.165, 1.54) is 6.07 Å². The summed E-state index contributed by atoms with van der Waals surface area (Å²) in [5.41, 5.74) is 0.445. The van der Waals surface area contributed by atoms with E-state index in [2.05, 4.69) is 5.32 Å². The van der Waals surface area contributed by atoms with Crippen molar-refractivity contribution in [2.45, 2.75) is 18.9 Å². The number of amides is 1. The fraction of sp³-hybridized carbons (Fsp3) is 0.583. The van der Waals surface area contributed by atoms with E-state index in [0.717, 1.165) is 43.8 Å². The van der Waals surface area contributed by atoms with Gasteiger partial charge in [-0.2, -0.15) is 0 Å². The molecule has 1 aromatic heterocycles. The van der Waals surface area contributed by atoms with E-state index in [4.69, 9.17) is 0 Å². The maximum Gasteiger partial charge on any atom is 0.324 e. The van der Waals surface area contributed by atoms with Crippen LogP contribution in [0, 0.1) is 16.0 Å². The Bertz CT molecular complexity index is 516. The third-order valence-corrected chi connectivity index (χ3v) is 4.84. The molecule has 0 aliphatic carbocycles. The number of piperidine rings is 1. The van der Waals surface area contributed by atoms with Crippen molar-refractivity contribution >= 4 is 22.2 Å². The molecule has 0 radical (unpaired) electrons. The normalized spacial score (nSPS) is 26.2. The highest BCUT2D eigenvalue weighted by atomic mass is 32.1. The first-order valence-corrected chi connectivity index (χ1v) is 7.28. The Morgan fingerprint density at radius 1 is 1.53 bits per heavy atom. The van der Waals surface area contributed by atoms with E-state index < -0.39 is 4.92 Å². The van der Waals surface area contributed by atoms with E-state index in [9.17, 15) is 14.9 Å². The van der Waals surface area contributed by atoms with Crippen LogP contribution in [-0.4, -0.2) is 41.4 Å². The van der Waals surface area contributed by atoms with Crippen molar-refractivity contribution in [2.24, 2.45) is 5.92 Å². The molecule has 0 spiro atoms. The van der Waals surface area contributed by atoms with Gasteiger partial charge in [-0.3, -0.25) is 14.9 Å². The van der Waals surface area contributed by atoms with Crippen molar-refractivity contribution in [1.82, 2.24) is 10.2 Å². The van der Waals surface area contributed by atoms with Crippen LogP contribution in [0.2, 0.25) is 0 Å². The number of hydrogen-bond donors (Lipinski definition) is 1. The van der Waals surface area contributed by atoms with Gasteiger partial charge in [-0.25, -0.2) is 0 Å². The van der Waals surface area contributed by atoms with Crippen LogP contribution in [-0.2, 0) is 0 Å². The molecule has 2 atom stereocenters. The van der Waals surface area contributed by atoms with Gasteiger partial charge in [-0.05, 0) is 25.3 Å². The Morgan fingerprint density at radius 3 is 3.11 bits per heavy atom. The monoisotopic (exact) mass is 281 g/mol. The molecule has 0 saturated carbocycles. The summed E-state index contributed by atoms with van der Waals surface area (Å²) in [5, 5.41) is 15.7. The minimum Gasteiger partial charge on any atom is -0.338 e. The second-order valence-corrected chi connectivity index (χ2v) is 5.97. The van der Waals surface area contributed by atoms with E-state index in [0.29, 0.717) is 17.5 Å². The van der Waals surface area contributed by atoms with Gasteiger partial charge in [0.05, 0.1) is 10.5 Å². The number of nitrogens with zero attached hydrogens (tertiary/aromatic N) is 2. The fourth-order valence-corrected chi connectivity index (χ4v) is 3.65. The average Bonchev–Trinajstić information content (AvgIpc) is 3.06. The highest BCUT2D eigenvalue weighted by molar-refractivity contribution is 7.13. The first-order chi connectivity index (χ1) is 9.15. The van der Waals surface area contributed by atoms with Gasteiger partial charge in [-0.1, -0.05) is 11.3 Å². The van der Waals surface area contributed by atoms with Crippen LogP contribution >= 0.6 is 11.3 Å². The van der Waals surface area contributed by atoms with Crippen molar-refractivity contribution in [2.75, 3.05) is 19.6 Å². The summed E-state index contributed by atoms with van der Waals surface area (Å²) in [7, 11) is 0. The quantitative estimate of drug-likeness (QED) is 0.658. The predicted molar refractivity (Wildman–Crippen MR) is 71.4 cm³/mol. The molecule has 6 nitrogen and oxygen atoms in total. The molecule has 102 valence electrons. The number of nitrogens with one attached hydrogen (secondary N) is 1. The molecule has 0 bridgehead atoms. The molecule has 2 fully saturated rings. The summed E-state index contributed by atoms with van der Waals surface area (Å²) in [5.74, 6) is 0.459. The van der Waals surface area contributed by atoms with Crippen molar-refractivity contribution in [1.29, 1.82) is 0 Å². The van der Waals surface area contributed by atoms with Crippen molar-refractivity contribution < 1.29 is 9.72 Å². The van der Waals surface area contributed by atoms with Gasteiger partial charge in [0.2, 0.25) is 0 Å². The van der Waals surface area contributed by atoms with Gasteiger partial charge in [0.15, 0.2) is 0 Å². The van der Waals surface area contributed by atoms with Crippen molar-refractivity contribution in [3.8, 4) is 0 Å². The molecular weight excluding hydrogens is 266 g/mol. The minimum absolute atomic E-state index is 0.0285. The zero-order valence-corrected chi connectivity index (χ0v) is 11.2. The Hall–Kier alpha value is -1.47. The fourth-order valence-electron chi connectivity index (χ4n) is 2.95. The number of thiophene rings is 1. The molecule has 0 aromatic carbocycles. The lowest BCUT2D eigenvalue weighted by atomic mass is 9.93. The lowest BCUT2D eigenvalue weighted by Gasteiger charge is -2.34. The summed E-state index contributed by atoms with van der Waals surface area (Å²) in [4.78, 5) is 24.3. The highest BCUT2D eigenvalue weighted by Gasteiger charge is 2.34. The SMILES string of the molecule is O=C(c1csc([N+](=O)[O-])c1)N1CCC2NCCC2C1. The minimum atomic E-state index is -0.450. The number of nitro groups is 1. The first-order valence-electron chi connectivity index (χ1n) is 6.41. The van der Waals surface area contributed by atoms with E-state index in [-0.39, 0.29) is 10.9 Å². The zero-order valence-electron chi connectivity index (χ0n) is 10.4. The van der Waals surface area contributed by atoms with Gasteiger partial charge < -0.3 is 10.2 Å². The topological polar surface area (TPSA) is 75.5 Å². The van der Waals surface area contributed by atoms with Crippen LogP contribution in [0.3, 0.4) is 0 Å². The van der Waals surface area contributed by atoms with Crippen molar-refractivity contribution in [3.05, 3.63) is 27.1 Å². The molecule has 1 N–H and O–H groups in total. The molecule has 19 heavy (non-hydrogen) atoms. The largest absolute Gasteiger partial charge is 0.338 e. The molecule has 1 amide bonds. The number of rotatable bonds is 2. The summed E-state index contributed by atoms with van der Waals surface area (Å²) in [6, 6.07) is 1.92. The van der Waals surface area contributed by atoms with Crippen LogP contribution in [0.15, 0.2) is 11.4 Å². The number of likely N-dealkylation sites (tertiary alicyclic amines) is 1. The van der Waals surface area contributed by atoms with Crippen LogP contribution in [0.5, 0.6) is 0 Å². The average molecular weight is 281 g/mol. The third kappa shape index (κ3) is 2.35. The standard InChI is InChI=1S/C12H15N3O3S/c16-12(9-5-11(15(17)18)19-7-9)14-4-2-10-8(6-14)1-3-13-10/h5,7-8,10,13H,1-4,6H2. The van der Waals surface area contributed by atoms with Crippen LogP contribution in [0.4, 0.5) is 5.00 Å². The summed E-state index contributed by atoms with van der Waals surface area (Å²) in [6.07, 6.45) is 2.08. The molecule has 2 aliphatic rings. The smallest absolute Gasteiger partial charge is 0.324 e. The Morgan fingerprint density at radius 2 is 2.37 bits per heavy atom. The van der Waals surface area contributed by atoms with Gasteiger partial charge in [0, 0.05) is 30.6 Å². The second kappa shape index (κ2) is 4.90. The number of hydrogen-bond acceptors (Lipinski definition) is 5. The number of carbonyl (C=O) groups is 1. The summed E-state index contributed by atoms with van der Waals surface area (Å²) >= 11 is 1.01. The molecule has 7 heteroatoms. The van der Waals surface area contributed by atoms with E-state index >= 15 is 0 Å². The number of carbonyl (C=O) groups excluding carboxylic acids is 1. The molecular formula is C12H15N3O3S. The molecule has 2 aliphatic heterocycles. The lowest BCUT2D eigenvalue weighted by Crippen LogP contribution is -2.46. The predicted octanol–water partition coefficient (Wildman–Crippen LogP) is 1.48. The molecule has 3 rings (SSSR count). The van der Waals surface area contributed by atoms with Gasteiger partial charge >= 0.3 is 5.00 Å². The van der Waals surface area contributed by atoms with Gasteiger partial charge in [-0.15, -0.1) is 0 Å².